The maximum atomic E-state index is 13.0. The molecule has 0 radical (unpaired) electrons. The molecule has 10 nitrogen and oxygen atoms in total. The minimum absolute atomic E-state index is 0.00509. The van der Waals surface area contributed by atoms with Gasteiger partial charge in [-0.15, -0.1) is 0 Å². The number of benzene rings is 2. The van der Waals surface area contributed by atoms with Crippen LogP contribution in [0.1, 0.15) is 72.8 Å². The molecule has 0 aromatic heterocycles. The number of carbonyl (C=O) groups is 4. The lowest BCUT2D eigenvalue weighted by Gasteiger charge is -2.36. The summed E-state index contributed by atoms with van der Waals surface area (Å²) >= 11 is 0. The molecule has 0 bridgehead atoms. The third-order valence-corrected chi connectivity index (χ3v) is 9.67. The first kappa shape index (κ1) is 33.6. The van der Waals surface area contributed by atoms with Gasteiger partial charge in [-0.3, -0.25) is 24.1 Å². The van der Waals surface area contributed by atoms with E-state index in [1.807, 2.05) is 9.80 Å². The van der Waals surface area contributed by atoms with Gasteiger partial charge in [-0.1, -0.05) is 48.0 Å². The second-order valence-corrected chi connectivity index (χ2v) is 13.2. The van der Waals surface area contributed by atoms with Gasteiger partial charge in [0.1, 0.15) is 0 Å². The number of nitrogens with two attached hydrogens (primary N) is 1. The van der Waals surface area contributed by atoms with Gasteiger partial charge in [0.25, 0.3) is 0 Å². The van der Waals surface area contributed by atoms with Crippen molar-refractivity contribution in [2.24, 2.45) is 11.7 Å². The summed E-state index contributed by atoms with van der Waals surface area (Å²) in [6, 6.07) is 14.2. The van der Waals surface area contributed by atoms with Crippen molar-refractivity contribution in [1.82, 2.24) is 25.3 Å². The van der Waals surface area contributed by atoms with Gasteiger partial charge in [-0.2, -0.15) is 0 Å². The molecule has 46 heavy (non-hydrogen) atoms. The Labute approximate surface area is 273 Å². The Morgan fingerprint density at radius 2 is 1.76 bits per heavy atom. The first-order valence-electron chi connectivity index (χ1n) is 17.0. The van der Waals surface area contributed by atoms with Crippen LogP contribution in [0.15, 0.2) is 42.5 Å². The fraction of sp³-hybridized carbons (Fsp3) is 0.556. The number of piperazine rings is 1. The van der Waals surface area contributed by atoms with Crippen molar-refractivity contribution < 1.29 is 19.2 Å². The molecule has 3 heterocycles. The van der Waals surface area contributed by atoms with Crippen LogP contribution in [0, 0.1) is 12.8 Å². The third kappa shape index (κ3) is 9.16. The molecule has 2 saturated heterocycles. The highest BCUT2D eigenvalue weighted by atomic mass is 16.2. The number of hydrogen-bond acceptors (Lipinski definition) is 6. The fourth-order valence-electron chi connectivity index (χ4n) is 6.73. The molecule has 0 spiro atoms. The standard InChI is InChI=1S/C36H50N6O4/c1-26-11-13-27(14-12-26)6-4-10-33(43)38-16-3-2-9-32(37)36(46)41-20-18-40(19-21-41)23-29-7-5-8-30-24-42(25-31(29)30)34(44)22-28-15-17-39-35(28)45/h5,7-8,11-14,28,32H,2-4,6,9-10,15-25,37H2,1H3,(H,38,43)(H,39,45). The first-order valence-corrected chi connectivity index (χ1v) is 17.0. The molecule has 3 aliphatic rings. The van der Waals surface area contributed by atoms with E-state index in [4.69, 9.17) is 5.73 Å². The zero-order valence-corrected chi connectivity index (χ0v) is 27.3. The summed E-state index contributed by atoms with van der Waals surface area (Å²) in [6.45, 7) is 8.14. The maximum absolute atomic E-state index is 13.0. The monoisotopic (exact) mass is 630 g/mol. The molecule has 10 heteroatoms. The van der Waals surface area contributed by atoms with Gasteiger partial charge >= 0.3 is 0 Å². The van der Waals surface area contributed by atoms with E-state index < -0.39 is 6.04 Å². The van der Waals surface area contributed by atoms with Gasteiger partial charge < -0.3 is 26.2 Å². The molecule has 2 aromatic carbocycles. The lowest BCUT2D eigenvalue weighted by molar-refractivity contribution is -0.135. The van der Waals surface area contributed by atoms with Crippen LogP contribution in [0.3, 0.4) is 0 Å². The molecule has 4 N–H and O–H groups in total. The molecule has 2 atom stereocenters. The van der Waals surface area contributed by atoms with Gasteiger partial charge in [0.15, 0.2) is 0 Å². The predicted octanol–water partition coefficient (Wildman–Crippen LogP) is 2.64. The van der Waals surface area contributed by atoms with Gasteiger partial charge in [-0.05, 0) is 67.7 Å². The Hall–Kier alpha value is -3.76. The molecule has 0 aliphatic carbocycles. The maximum Gasteiger partial charge on any atom is 0.239 e. The highest BCUT2D eigenvalue weighted by molar-refractivity contribution is 5.87. The second kappa shape index (κ2) is 16.2. The van der Waals surface area contributed by atoms with E-state index >= 15 is 0 Å². The number of carbonyl (C=O) groups excluding carboxylic acids is 4. The van der Waals surface area contributed by atoms with Crippen LogP contribution >= 0.6 is 0 Å². The Balaban J connectivity index is 0.960. The normalized spacial score (nSPS) is 18.7. The zero-order chi connectivity index (χ0) is 32.5. The van der Waals surface area contributed by atoms with Crippen LogP contribution in [0.5, 0.6) is 0 Å². The van der Waals surface area contributed by atoms with E-state index in [9.17, 15) is 19.2 Å². The van der Waals surface area contributed by atoms with Crippen LogP contribution in [0.2, 0.25) is 0 Å². The molecule has 5 rings (SSSR count). The van der Waals surface area contributed by atoms with E-state index in [2.05, 4.69) is 64.9 Å². The number of aryl methyl sites for hydroxylation is 2. The van der Waals surface area contributed by atoms with Crippen LogP contribution in [-0.4, -0.2) is 83.6 Å². The second-order valence-electron chi connectivity index (χ2n) is 13.2. The Bertz CT molecular complexity index is 1370. The summed E-state index contributed by atoms with van der Waals surface area (Å²) in [7, 11) is 0. The Kier molecular flexibility index (Phi) is 11.8. The van der Waals surface area contributed by atoms with Crippen molar-refractivity contribution in [2.45, 2.75) is 84.0 Å². The molecule has 3 aliphatic heterocycles. The largest absolute Gasteiger partial charge is 0.356 e. The van der Waals surface area contributed by atoms with E-state index in [1.165, 1.54) is 27.8 Å². The van der Waals surface area contributed by atoms with Crippen LogP contribution in [0.25, 0.3) is 0 Å². The van der Waals surface area contributed by atoms with Gasteiger partial charge in [0.05, 0.1) is 6.04 Å². The Morgan fingerprint density at radius 3 is 2.50 bits per heavy atom. The van der Waals surface area contributed by atoms with Crippen LogP contribution in [0.4, 0.5) is 0 Å². The van der Waals surface area contributed by atoms with Gasteiger partial charge in [0, 0.05) is 77.7 Å². The van der Waals surface area contributed by atoms with Crippen molar-refractivity contribution in [3.63, 3.8) is 0 Å². The summed E-state index contributed by atoms with van der Waals surface area (Å²) in [5.74, 6) is -0.0925. The van der Waals surface area contributed by atoms with E-state index in [0.717, 1.165) is 51.7 Å². The number of nitrogens with one attached hydrogen (secondary N) is 2. The van der Waals surface area contributed by atoms with Crippen molar-refractivity contribution in [1.29, 1.82) is 0 Å². The molecule has 0 saturated carbocycles. The zero-order valence-electron chi connectivity index (χ0n) is 27.3. The lowest BCUT2D eigenvalue weighted by atomic mass is 10.0. The van der Waals surface area contributed by atoms with E-state index in [1.54, 1.807) is 0 Å². The third-order valence-electron chi connectivity index (χ3n) is 9.67. The number of amides is 4. The number of unbranched alkanes of at least 4 members (excludes halogenated alkanes) is 1. The quantitative estimate of drug-likeness (QED) is 0.276. The lowest BCUT2D eigenvalue weighted by Crippen LogP contribution is -2.52. The molecule has 2 aromatic rings. The average molecular weight is 631 g/mol. The van der Waals surface area contributed by atoms with E-state index in [-0.39, 0.29) is 36.0 Å². The molecule has 248 valence electrons. The van der Waals surface area contributed by atoms with Gasteiger partial charge in [0.2, 0.25) is 23.6 Å². The van der Waals surface area contributed by atoms with Crippen molar-refractivity contribution >= 4 is 23.6 Å². The summed E-state index contributed by atoms with van der Waals surface area (Å²) in [5.41, 5.74) is 12.4. The SMILES string of the molecule is Cc1ccc(CCCC(=O)NCCCCC(N)C(=O)N2CCN(Cc3cccc4c3CN(C(=O)CC3CCNC3=O)C4)CC2)cc1. The molecule has 4 amide bonds. The predicted molar refractivity (Wildman–Crippen MR) is 177 cm³/mol. The summed E-state index contributed by atoms with van der Waals surface area (Å²) in [6.07, 6.45) is 5.46. The molecular formula is C36H50N6O4. The van der Waals surface area contributed by atoms with Crippen molar-refractivity contribution in [3.8, 4) is 0 Å². The first-order chi connectivity index (χ1) is 22.3. The highest BCUT2D eigenvalue weighted by Crippen LogP contribution is 2.29. The number of nitrogens with zero attached hydrogens (tertiary/aromatic N) is 3. The summed E-state index contributed by atoms with van der Waals surface area (Å²) < 4.78 is 0. The number of rotatable bonds is 14. The Morgan fingerprint density at radius 1 is 0.978 bits per heavy atom. The molecular weight excluding hydrogens is 580 g/mol. The van der Waals surface area contributed by atoms with Crippen molar-refractivity contribution in [2.75, 3.05) is 39.3 Å². The van der Waals surface area contributed by atoms with Crippen LogP contribution < -0.4 is 16.4 Å². The summed E-state index contributed by atoms with van der Waals surface area (Å²) in [4.78, 5) is 56.2. The van der Waals surface area contributed by atoms with Crippen molar-refractivity contribution in [3.05, 3.63) is 70.3 Å². The smallest absolute Gasteiger partial charge is 0.239 e. The average Bonchev–Trinajstić information content (AvgIpc) is 3.68. The highest BCUT2D eigenvalue weighted by Gasteiger charge is 2.32. The molecule has 2 unspecified atom stereocenters. The minimum Gasteiger partial charge on any atom is -0.356 e. The van der Waals surface area contributed by atoms with Gasteiger partial charge in [-0.25, -0.2) is 0 Å². The molecule has 2 fully saturated rings. The number of fused-ring (bicyclic) bond motifs is 1. The fourth-order valence-corrected chi connectivity index (χ4v) is 6.73. The topological polar surface area (TPSA) is 128 Å². The summed E-state index contributed by atoms with van der Waals surface area (Å²) in [5, 5.41) is 5.81. The number of hydrogen-bond donors (Lipinski definition) is 3. The van der Waals surface area contributed by atoms with Crippen LogP contribution in [-0.2, 0) is 45.2 Å². The van der Waals surface area contributed by atoms with E-state index in [0.29, 0.717) is 52.1 Å². The minimum atomic E-state index is -0.520.